The molecule has 1 rings (SSSR count). The van der Waals surface area contributed by atoms with Gasteiger partial charge in [-0.25, -0.2) is 4.39 Å². The Balaban J connectivity index is 2.74. The number of carbonyl (C=O) groups is 1. The molecule has 0 saturated heterocycles. The molecule has 2 nitrogen and oxygen atoms in total. The number of aryl methyl sites for hydroxylation is 2. The number of rotatable bonds is 2. The van der Waals surface area contributed by atoms with Crippen LogP contribution in [0.4, 0.5) is 17.6 Å². The van der Waals surface area contributed by atoms with Crippen molar-refractivity contribution in [2.24, 2.45) is 0 Å². The molecule has 0 radical (unpaired) electrons. The van der Waals surface area contributed by atoms with Crippen molar-refractivity contribution in [1.29, 1.82) is 0 Å². The van der Waals surface area contributed by atoms with E-state index in [9.17, 15) is 22.4 Å². The van der Waals surface area contributed by atoms with Crippen LogP contribution in [0.1, 0.15) is 16.7 Å². The van der Waals surface area contributed by atoms with Crippen LogP contribution in [0.15, 0.2) is 12.1 Å². The van der Waals surface area contributed by atoms with Crippen LogP contribution in [0.5, 0.6) is 0 Å². The molecule has 1 N–H and O–H groups in total. The first kappa shape index (κ1) is 13.5. The van der Waals surface area contributed by atoms with E-state index < -0.39 is 17.9 Å². The number of halogens is 4. The number of benzene rings is 1. The fourth-order valence-corrected chi connectivity index (χ4v) is 1.42. The van der Waals surface area contributed by atoms with Crippen molar-refractivity contribution < 1.29 is 22.4 Å². The van der Waals surface area contributed by atoms with Crippen LogP contribution < -0.4 is 5.32 Å². The summed E-state index contributed by atoms with van der Waals surface area (Å²) in [6.45, 7) is 2.75. The first-order valence-corrected chi connectivity index (χ1v) is 4.82. The van der Waals surface area contributed by atoms with Crippen molar-refractivity contribution in [2.45, 2.75) is 26.6 Å². The van der Waals surface area contributed by atoms with Gasteiger partial charge in [0.05, 0.1) is 0 Å². The van der Waals surface area contributed by atoms with Crippen molar-refractivity contribution in [3.63, 3.8) is 0 Å². The third-order valence-corrected chi connectivity index (χ3v) is 2.21. The quantitative estimate of drug-likeness (QED) is 0.802. The molecule has 0 aliphatic heterocycles. The van der Waals surface area contributed by atoms with E-state index in [0.717, 1.165) is 0 Å². The lowest BCUT2D eigenvalue weighted by molar-refractivity contribution is -0.173. The Morgan fingerprint density at radius 2 is 1.71 bits per heavy atom. The molecule has 0 bridgehead atoms. The van der Waals surface area contributed by atoms with Gasteiger partial charge >= 0.3 is 12.1 Å². The molecule has 0 spiro atoms. The van der Waals surface area contributed by atoms with E-state index in [1.54, 1.807) is 5.32 Å². The van der Waals surface area contributed by atoms with Crippen molar-refractivity contribution in [1.82, 2.24) is 5.32 Å². The zero-order valence-corrected chi connectivity index (χ0v) is 9.28. The van der Waals surface area contributed by atoms with Gasteiger partial charge < -0.3 is 5.32 Å². The smallest absolute Gasteiger partial charge is 0.344 e. The molecule has 0 unspecified atom stereocenters. The summed E-state index contributed by atoms with van der Waals surface area (Å²) >= 11 is 0. The van der Waals surface area contributed by atoms with Gasteiger partial charge in [-0.2, -0.15) is 13.2 Å². The van der Waals surface area contributed by atoms with Crippen molar-refractivity contribution in [3.05, 3.63) is 34.6 Å². The molecule has 0 aliphatic rings. The SMILES string of the molecule is Cc1cc(CNC(=O)C(F)(F)F)cc(C)c1F. The van der Waals surface area contributed by atoms with E-state index in [0.29, 0.717) is 16.7 Å². The topological polar surface area (TPSA) is 29.1 Å². The van der Waals surface area contributed by atoms with Gasteiger partial charge in [-0.15, -0.1) is 0 Å². The molecule has 0 heterocycles. The molecule has 1 amide bonds. The minimum absolute atomic E-state index is 0.277. The maximum absolute atomic E-state index is 13.2. The minimum atomic E-state index is -4.90. The molecule has 17 heavy (non-hydrogen) atoms. The normalized spacial score (nSPS) is 11.4. The van der Waals surface area contributed by atoms with Crippen LogP contribution in [-0.2, 0) is 11.3 Å². The van der Waals surface area contributed by atoms with Gasteiger partial charge in [-0.1, -0.05) is 12.1 Å². The number of alkyl halides is 3. The van der Waals surface area contributed by atoms with E-state index in [-0.39, 0.29) is 6.54 Å². The summed E-state index contributed by atoms with van der Waals surface area (Å²) in [4.78, 5) is 10.6. The van der Waals surface area contributed by atoms with E-state index in [4.69, 9.17) is 0 Å². The van der Waals surface area contributed by atoms with Gasteiger partial charge in [0.25, 0.3) is 0 Å². The first-order valence-electron chi connectivity index (χ1n) is 4.82. The first-order chi connectivity index (χ1) is 7.71. The third kappa shape index (κ3) is 3.44. The summed E-state index contributed by atoms with van der Waals surface area (Å²) in [5.41, 5.74) is 1.10. The lowest BCUT2D eigenvalue weighted by Gasteiger charge is -2.10. The van der Waals surface area contributed by atoms with Crippen molar-refractivity contribution in [3.8, 4) is 0 Å². The second kappa shape index (κ2) is 4.73. The van der Waals surface area contributed by atoms with Gasteiger partial charge in [0, 0.05) is 6.54 Å². The lowest BCUT2D eigenvalue weighted by atomic mass is 10.1. The molecular formula is C11H11F4NO. The van der Waals surface area contributed by atoms with Crippen LogP contribution in [0.2, 0.25) is 0 Å². The van der Waals surface area contributed by atoms with Gasteiger partial charge in [0.1, 0.15) is 5.82 Å². The molecule has 0 atom stereocenters. The maximum atomic E-state index is 13.2. The maximum Gasteiger partial charge on any atom is 0.471 e. The summed E-state index contributed by atoms with van der Waals surface area (Å²) in [7, 11) is 0. The summed E-state index contributed by atoms with van der Waals surface area (Å²) in [6, 6.07) is 2.80. The summed E-state index contributed by atoms with van der Waals surface area (Å²) in [5.74, 6) is -2.40. The summed E-state index contributed by atoms with van der Waals surface area (Å²) < 4.78 is 48.9. The van der Waals surface area contributed by atoms with E-state index in [2.05, 4.69) is 0 Å². The van der Waals surface area contributed by atoms with Gasteiger partial charge in [0.15, 0.2) is 0 Å². The Kier molecular flexibility index (Phi) is 3.75. The van der Waals surface area contributed by atoms with E-state index >= 15 is 0 Å². The highest BCUT2D eigenvalue weighted by atomic mass is 19.4. The number of hydrogen-bond acceptors (Lipinski definition) is 1. The van der Waals surface area contributed by atoms with E-state index in [1.165, 1.54) is 26.0 Å². The van der Waals surface area contributed by atoms with Crippen LogP contribution in [0.25, 0.3) is 0 Å². The second-order valence-electron chi connectivity index (χ2n) is 3.72. The van der Waals surface area contributed by atoms with Crippen LogP contribution >= 0.6 is 0 Å². The molecule has 94 valence electrons. The molecule has 0 aliphatic carbocycles. The van der Waals surface area contributed by atoms with Crippen molar-refractivity contribution in [2.75, 3.05) is 0 Å². The highest BCUT2D eigenvalue weighted by Gasteiger charge is 2.38. The number of hydrogen-bond donors (Lipinski definition) is 1. The molecular weight excluding hydrogens is 238 g/mol. The zero-order valence-electron chi connectivity index (χ0n) is 9.28. The number of amides is 1. The molecule has 1 aromatic carbocycles. The van der Waals surface area contributed by atoms with Gasteiger partial charge in [-0.05, 0) is 30.5 Å². The average Bonchev–Trinajstić information content (AvgIpc) is 2.20. The Hall–Kier alpha value is -1.59. The van der Waals surface area contributed by atoms with Gasteiger partial charge in [0.2, 0.25) is 0 Å². The molecule has 0 fully saturated rings. The van der Waals surface area contributed by atoms with Crippen LogP contribution in [0, 0.1) is 19.7 Å². The molecule has 1 aromatic rings. The Bertz CT molecular complexity index is 417. The number of nitrogens with one attached hydrogen (secondary N) is 1. The monoisotopic (exact) mass is 249 g/mol. The largest absolute Gasteiger partial charge is 0.471 e. The average molecular weight is 249 g/mol. The predicted molar refractivity (Wildman–Crippen MR) is 53.8 cm³/mol. The Labute approximate surface area is 95.6 Å². The second-order valence-corrected chi connectivity index (χ2v) is 3.72. The highest BCUT2D eigenvalue weighted by molar-refractivity contribution is 5.81. The van der Waals surface area contributed by atoms with Crippen LogP contribution in [0.3, 0.4) is 0 Å². The molecule has 0 aromatic heterocycles. The zero-order chi connectivity index (χ0) is 13.2. The third-order valence-electron chi connectivity index (χ3n) is 2.21. The summed E-state index contributed by atoms with van der Waals surface area (Å²) in [6.07, 6.45) is -4.90. The fourth-order valence-electron chi connectivity index (χ4n) is 1.42. The summed E-state index contributed by atoms with van der Waals surface area (Å²) in [5, 5.41) is 1.73. The predicted octanol–water partition coefficient (Wildman–Crippen LogP) is 2.62. The highest BCUT2D eigenvalue weighted by Crippen LogP contribution is 2.16. The molecule has 6 heteroatoms. The number of carbonyl (C=O) groups excluding carboxylic acids is 1. The van der Waals surface area contributed by atoms with E-state index in [1.807, 2.05) is 0 Å². The van der Waals surface area contributed by atoms with Gasteiger partial charge in [-0.3, -0.25) is 4.79 Å². The standard InChI is InChI=1S/C11H11F4NO/c1-6-3-8(4-7(2)9(6)12)5-16-10(17)11(13,14)15/h3-4H,5H2,1-2H3,(H,16,17). The lowest BCUT2D eigenvalue weighted by Crippen LogP contribution is -2.36. The molecule has 0 saturated carbocycles. The minimum Gasteiger partial charge on any atom is -0.344 e. The fraction of sp³-hybridized carbons (Fsp3) is 0.364. The van der Waals surface area contributed by atoms with Crippen LogP contribution in [-0.4, -0.2) is 12.1 Å². The Morgan fingerprint density at radius 3 is 2.12 bits per heavy atom. The Morgan fingerprint density at radius 1 is 1.24 bits per heavy atom. The van der Waals surface area contributed by atoms with Crippen molar-refractivity contribution >= 4 is 5.91 Å².